The van der Waals surface area contributed by atoms with Gasteiger partial charge < -0.3 is 9.31 Å². The summed E-state index contributed by atoms with van der Waals surface area (Å²) in [7, 11) is -0.184. The van der Waals surface area contributed by atoms with E-state index >= 15 is 0 Å². The van der Waals surface area contributed by atoms with Gasteiger partial charge >= 0.3 is 7.12 Å². The minimum Gasteiger partial charge on any atom is -0.405 e. The van der Waals surface area contributed by atoms with E-state index in [-0.39, 0.29) is 18.8 Å². The van der Waals surface area contributed by atoms with Gasteiger partial charge in [-0.05, 0) is 52.9 Å². The van der Waals surface area contributed by atoms with Crippen molar-refractivity contribution in [2.24, 2.45) is 0 Å². The van der Waals surface area contributed by atoms with E-state index in [0.717, 1.165) is 6.42 Å². The van der Waals surface area contributed by atoms with Gasteiger partial charge in [0, 0.05) is 6.10 Å². The van der Waals surface area contributed by atoms with Crippen molar-refractivity contribution >= 4 is 7.12 Å². The van der Waals surface area contributed by atoms with Gasteiger partial charge in [0.25, 0.3) is 0 Å². The van der Waals surface area contributed by atoms with Crippen LogP contribution in [0.5, 0.6) is 0 Å². The van der Waals surface area contributed by atoms with Crippen LogP contribution in [0.3, 0.4) is 0 Å². The standard InChI is InChI=1S/C14H23BO2/c1-12-11-14(2,3)17-15(16-12)10-9-13-7-5-4-6-8-13/h7,9-10,12H,4-6,8,11H2,1-3H3/b10-9+. The molecule has 0 saturated carbocycles. The van der Waals surface area contributed by atoms with Crippen molar-refractivity contribution in [1.82, 2.24) is 0 Å². The molecule has 0 radical (unpaired) electrons. The molecule has 0 spiro atoms. The lowest BCUT2D eigenvalue weighted by molar-refractivity contribution is -0.0236. The summed E-state index contributed by atoms with van der Waals surface area (Å²) in [4.78, 5) is 0. The summed E-state index contributed by atoms with van der Waals surface area (Å²) < 4.78 is 11.7. The van der Waals surface area contributed by atoms with Crippen molar-refractivity contribution in [2.75, 3.05) is 0 Å². The molecule has 0 N–H and O–H groups in total. The van der Waals surface area contributed by atoms with Gasteiger partial charge in [-0.2, -0.15) is 0 Å². The fourth-order valence-electron chi connectivity index (χ4n) is 2.66. The lowest BCUT2D eigenvalue weighted by Gasteiger charge is -2.37. The van der Waals surface area contributed by atoms with Gasteiger partial charge in [-0.3, -0.25) is 0 Å². The van der Waals surface area contributed by atoms with Gasteiger partial charge in [0.15, 0.2) is 0 Å². The van der Waals surface area contributed by atoms with Crippen LogP contribution in [0.15, 0.2) is 23.7 Å². The zero-order chi connectivity index (χ0) is 12.3. The van der Waals surface area contributed by atoms with Crippen molar-refractivity contribution in [3.05, 3.63) is 23.7 Å². The summed E-state index contributed by atoms with van der Waals surface area (Å²) >= 11 is 0. The Kier molecular flexibility index (Phi) is 4.11. The number of hydrogen-bond donors (Lipinski definition) is 0. The molecular weight excluding hydrogens is 211 g/mol. The van der Waals surface area contributed by atoms with Gasteiger partial charge in [-0.1, -0.05) is 23.7 Å². The Morgan fingerprint density at radius 3 is 2.88 bits per heavy atom. The Morgan fingerprint density at radius 1 is 1.41 bits per heavy atom. The van der Waals surface area contributed by atoms with Gasteiger partial charge in [-0.15, -0.1) is 0 Å². The molecule has 1 saturated heterocycles. The van der Waals surface area contributed by atoms with Crippen LogP contribution >= 0.6 is 0 Å². The third-order valence-electron chi connectivity index (χ3n) is 3.37. The van der Waals surface area contributed by atoms with E-state index < -0.39 is 0 Å². The van der Waals surface area contributed by atoms with E-state index in [4.69, 9.17) is 9.31 Å². The van der Waals surface area contributed by atoms with E-state index in [1.165, 1.54) is 31.3 Å². The van der Waals surface area contributed by atoms with Gasteiger partial charge in [0.05, 0.1) is 5.60 Å². The average Bonchev–Trinajstić information content (AvgIpc) is 2.25. The average molecular weight is 234 g/mol. The lowest BCUT2D eigenvalue weighted by Crippen LogP contribution is -2.45. The Labute approximate surface area is 105 Å². The number of rotatable bonds is 2. The highest BCUT2D eigenvalue weighted by atomic mass is 16.6. The molecule has 2 nitrogen and oxygen atoms in total. The largest absolute Gasteiger partial charge is 0.486 e. The van der Waals surface area contributed by atoms with E-state index in [0.29, 0.717) is 0 Å². The lowest BCUT2D eigenvalue weighted by atomic mass is 9.81. The van der Waals surface area contributed by atoms with Crippen molar-refractivity contribution in [3.63, 3.8) is 0 Å². The molecule has 1 aliphatic heterocycles. The van der Waals surface area contributed by atoms with Crippen molar-refractivity contribution in [3.8, 4) is 0 Å². The van der Waals surface area contributed by atoms with Crippen molar-refractivity contribution in [2.45, 2.75) is 64.6 Å². The van der Waals surface area contributed by atoms with Gasteiger partial charge in [-0.25, -0.2) is 0 Å². The molecule has 1 aliphatic carbocycles. The molecule has 0 bridgehead atoms. The van der Waals surface area contributed by atoms with Gasteiger partial charge in [0.1, 0.15) is 0 Å². The molecule has 1 atom stereocenters. The Hall–Kier alpha value is -0.535. The maximum absolute atomic E-state index is 5.90. The predicted molar refractivity (Wildman–Crippen MR) is 71.8 cm³/mol. The number of hydrogen-bond acceptors (Lipinski definition) is 2. The third-order valence-corrected chi connectivity index (χ3v) is 3.37. The molecule has 1 unspecified atom stereocenters. The van der Waals surface area contributed by atoms with Gasteiger partial charge in [0.2, 0.25) is 0 Å². The SMILES string of the molecule is CC1CC(C)(C)OB(/C=C/C2=CCCCC2)O1. The minimum atomic E-state index is -0.184. The van der Waals surface area contributed by atoms with E-state index in [1.807, 2.05) is 0 Å². The molecular formula is C14H23BO2. The topological polar surface area (TPSA) is 18.5 Å². The fourth-order valence-corrected chi connectivity index (χ4v) is 2.66. The third kappa shape index (κ3) is 4.00. The van der Waals surface area contributed by atoms with Crippen LogP contribution in [0, 0.1) is 0 Å². The maximum atomic E-state index is 5.90. The molecule has 1 fully saturated rings. The van der Waals surface area contributed by atoms with E-state index in [2.05, 4.69) is 38.9 Å². The summed E-state index contributed by atoms with van der Waals surface area (Å²) in [6.07, 6.45) is 10.8. The second kappa shape index (κ2) is 5.41. The summed E-state index contributed by atoms with van der Waals surface area (Å²) in [6, 6.07) is 0. The maximum Gasteiger partial charge on any atom is 0.486 e. The molecule has 94 valence electrons. The second-order valence-electron chi connectivity index (χ2n) is 5.78. The van der Waals surface area contributed by atoms with Crippen LogP contribution in [-0.2, 0) is 9.31 Å². The first-order valence-electron chi connectivity index (χ1n) is 6.76. The minimum absolute atomic E-state index is 0.0758. The molecule has 0 amide bonds. The zero-order valence-corrected chi connectivity index (χ0v) is 11.2. The molecule has 0 aromatic heterocycles. The molecule has 17 heavy (non-hydrogen) atoms. The zero-order valence-electron chi connectivity index (χ0n) is 11.2. The molecule has 2 rings (SSSR count). The fraction of sp³-hybridized carbons (Fsp3) is 0.714. The smallest absolute Gasteiger partial charge is 0.405 e. The van der Waals surface area contributed by atoms with Crippen molar-refractivity contribution < 1.29 is 9.31 Å². The quantitative estimate of drug-likeness (QED) is 0.678. The van der Waals surface area contributed by atoms with E-state index in [9.17, 15) is 0 Å². The summed E-state index contributed by atoms with van der Waals surface area (Å²) in [6.45, 7) is 6.38. The summed E-state index contributed by atoms with van der Waals surface area (Å²) in [5.41, 5.74) is 1.35. The molecule has 2 aliphatic rings. The predicted octanol–water partition coefficient (Wildman–Crippen LogP) is 3.67. The van der Waals surface area contributed by atoms with Crippen LogP contribution < -0.4 is 0 Å². The summed E-state index contributed by atoms with van der Waals surface area (Å²) in [5, 5.41) is 0. The molecule has 0 aromatic rings. The Morgan fingerprint density at radius 2 is 2.24 bits per heavy atom. The van der Waals surface area contributed by atoms with E-state index in [1.54, 1.807) is 0 Å². The monoisotopic (exact) mass is 234 g/mol. The Bertz CT molecular complexity index is 320. The highest BCUT2D eigenvalue weighted by Crippen LogP contribution is 2.26. The first-order chi connectivity index (χ1) is 8.05. The molecule has 0 aromatic carbocycles. The Balaban J connectivity index is 1.93. The highest BCUT2D eigenvalue weighted by Gasteiger charge is 2.35. The van der Waals surface area contributed by atoms with Crippen molar-refractivity contribution in [1.29, 1.82) is 0 Å². The normalized spacial score (nSPS) is 29.5. The molecule has 1 heterocycles. The van der Waals surface area contributed by atoms with Crippen LogP contribution in [-0.4, -0.2) is 18.8 Å². The van der Waals surface area contributed by atoms with Crippen LogP contribution in [0.1, 0.15) is 52.9 Å². The first kappa shape index (κ1) is 12.9. The first-order valence-corrected chi connectivity index (χ1v) is 6.76. The van der Waals surface area contributed by atoms with Crippen LogP contribution in [0.4, 0.5) is 0 Å². The van der Waals surface area contributed by atoms with Crippen LogP contribution in [0.2, 0.25) is 0 Å². The summed E-state index contributed by atoms with van der Waals surface area (Å²) in [5.74, 6) is 2.06. The van der Waals surface area contributed by atoms with Crippen LogP contribution in [0.25, 0.3) is 0 Å². The highest BCUT2D eigenvalue weighted by molar-refractivity contribution is 6.51. The second-order valence-corrected chi connectivity index (χ2v) is 5.78. The number of allylic oxidation sites excluding steroid dienone is 3. The molecule has 3 heteroatoms.